The Morgan fingerprint density at radius 3 is 2.59 bits per heavy atom. The van der Waals surface area contributed by atoms with Crippen molar-refractivity contribution in [2.45, 2.75) is 39.9 Å². The van der Waals surface area contributed by atoms with Gasteiger partial charge < -0.3 is 23.5 Å². The fraction of sp³-hybridized carbons (Fsp3) is 0.500. The number of morpholine rings is 1. The minimum absolute atomic E-state index is 0.0365. The van der Waals surface area contributed by atoms with Gasteiger partial charge in [0.1, 0.15) is 11.3 Å². The van der Waals surface area contributed by atoms with Crippen LogP contribution in [0.15, 0.2) is 22.6 Å². The van der Waals surface area contributed by atoms with Gasteiger partial charge in [-0.1, -0.05) is 0 Å². The van der Waals surface area contributed by atoms with E-state index in [9.17, 15) is 9.59 Å². The topological polar surface area (TPSA) is 78.2 Å². The molecule has 2 heterocycles. The number of hydrogen-bond donors (Lipinski definition) is 0. The Balaban J connectivity index is 1.67. The van der Waals surface area contributed by atoms with Crippen molar-refractivity contribution in [2.24, 2.45) is 0 Å². The first-order valence-electron chi connectivity index (χ1n) is 9.15. The Labute approximate surface area is 158 Å². The van der Waals surface area contributed by atoms with E-state index in [4.69, 9.17) is 18.6 Å². The standard InChI is InChI=1S/C20H25NO6/c1-5-24-15-6-7-17-16(8-15)14(4)19(27-17)20(23)25-11-18(22)21-9-12(2)26-13(3)10-21/h6-8,12-13H,5,9-11H2,1-4H3/t12-,13+. The fourth-order valence-electron chi connectivity index (χ4n) is 3.32. The molecule has 0 bridgehead atoms. The van der Waals surface area contributed by atoms with Crippen molar-refractivity contribution in [1.29, 1.82) is 0 Å². The van der Waals surface area contributed by atoms with Gasteiger partial charge in [0.15, 0.2) is 6.61 Å². The Morgan fingerprint density at radius 2 is 1.93 bits per heavy atom. The summed E-state index contributed by atoms with van der Waals surface area (Å²) in [6, 6.07) is 5.37. The maximum atomic E-state index is 12.4. The predicted octanol–water partition coefficient (Wildman–Crippen LogP) is 2.93. The predicted molar refractivity (Wildman–Crippen MR) is 99.0 cm³/mol. The van der Waals surface area contributed by atoms with E-state index in [1.807, 2.05) is 26.8 Å². The van der Waals surface area contributed by atoms with E-state index in [0.29, 0.717) is 36.6 Å². The molecule has 1 amide bonds. The number of furan rings is 1. The van der Waals surface area contributed by atoms with Crippen molar-refractivity contribution >= 4 is 22.8 Å². The zero-order valence-electron chi connectivity index (χ0n) is 16.1. The second kappa shape index (κ2) is 8.00. The van der Waals surface area contributed by atoms with Gasteiger partial charge in [0.05, 0.1) is 18.8 Å². The van der Waals surface area contributed by atoms with Crippen molar-refractivity contribution in [3.05, 3.63) is 29.5 Å². The van der Waals surface area contributed by atoms with Crippen LogP contribution in [0.2, 0.25) is 0 Å². The van der Waals surface area contributed by atoms with Gasteiger partial charge in [0.25, 0.3) is 5.91 Å². The van der Waals surface area contributed by atoms with Crippen molar-refractivity contribution < 1.29 is 28.2 Å². The molecule has 1 saturated heterocycles. The summed E-state index contributed by atoms with van der Waals surface area (Å²) < 4.78 is 21.9. The maximum Gasteiger partial charge on any atom is 0.375 e. The second-order valence-electron chi connectivity index (χ2n) is 6.78. The van der Waals surface area contributed by atoms with Crippen LogP contribution in [0.3, 0.4) is 0 Å². The van der Waals surface area contributed by atoms with E-state index in [2.05, 4.69) is 0 Å². The number of aryl methyl sites for hydroxylation is 1. The van der Waals surface area contributed by atoms with E-state index in [-0.39, 0.29) is 30.5 Å². The first kappa shape index (κ1) is 19.2. The first-order valence-corrected chi connectivity index (χ1v) is 9.15. The number of ether oxygens (including phenoxy) is 3. The Bertz CT molecular complexity index is 832. The van der Waals surface area contributed by atoms with Gasteiger partial charge >= 0.3 is 5.97 Å². The van der Waals surface area contributed by atoms with Crippen molar-refractivity contribution in [3.63, 3.8) is 0 Å². The van der Waals surface area contributed by atoms with Crippen molar-refractivity contribution in [1.82, 2.24) is 4.90 Å². The SMILES string of the molecule is CCOc1ccc2oc(C(=O)OCC(=O)N3C[C@@H](C)O[C@@H](C)C3)c(C)c2c1. The Morgan fingerprint density at radius 1 is 1.22 bits per heavy atom. The van der Waals surface area contributed by atoms with Crippen LogP contribution in [0.1, 0.15) is 36.9 Å². The number of rotatable bonds is 5. The van der Waals surface area contributed by atoms with Crippen LogP contribution in [-0.4, -0.2) is 55.3 Å². The molecule has 1 aromatic carbocycles. The number of nitrogens with zero attached hydrogens (tertiary/aromatic N) is 1. The third-order valence-corrected chi connectivity index (χ3v) is 4.50. The largest absolute Gasteiger partial charge is 0.494 e. The highest BCUT2D eigenvalue weighted by atomic mass is 16.5. The minimum Gasteiger partial charge on any atom is -0.494 e. The molecule has 146 valence electrons. The Hall–Kier alpha value is -2.54. The quantitative estimate of drug-likeness (QED) is 0.748. The average molecular weight is 375 g/mol. The molecule has 0 saturated carbocycles. The third kappa shape index (κ3) is 4.24. The number of carbonyl (C=O) groups excluding carboxylic acids is 2. The van der Waals surface area contributed by atoms with Crippen LogP contribution >= 0.6 is 0 Å². The van der Waals surface area contributed by atoms with Gasteiger partial charge in [-0.15, -0.1) is 0 Å². The number of fused-ring (bicyclic) bond motifs is 1. The number of esters is 1. The summed E-state index contributed by atoms with van der Waals surface area (Å²) in [5.74, 6) is -0.0724. The molecule has 27 heavy (non-hydrogen) atoms. The van der Waals surface area contributed by atoms with E-state index < -0.39 is 5.97 Å². The van der Waals surface area contributed by atoms with E-state index in [1.165, 1.54) is 0 Å². The third-order valence-electron chi connectivity index (χ3n) is 4.50. The van der Waals surface area contributed by atoms with Gasteiger partial charge in [0, 0.05) is 24.0 Å². The average Bonchev–Trinajstić information content (AvgIpc) is 2.95. The van der Waals surface area contributed by atoms with Crippen molar-refractivity contribution in [2.75, 3.05) is 26.3 Å². The smallest absolute Gasteiger partial charge is 0.375 e. The highest BCUT2D eigenvalue weighted by Crippen LogP contribution is 2.29. The van der Waals surface area contributed by atoms with Gasteiger partial charge in [-0.05, 0) is 45.9 Å². The van der Waals surface area contributed by atoms with Crippen LogP contribution < -0.4 is 4.74 Å². The summed E-state index contributed by atoms with van der Waals surface area (Å²) >= 11 is 0. The minimum atomic E-state index is -0.649. The molecule has 7 nitrogen and oxygen atoms in total. The molecule has 0 spiro atoms. The molecular formula is C20H25NO6. The molecule has 2 aromatic rings. The van der Waals surface area contributed by atoms with Crippen molar-refractivity contribution in [3.8, 4) is 5.75 Å². The molecule has 3 rings (SSSR count). The molecule has 1 aliphatic heterocycles. The number of carbonyl (C=O) groups is 2. The molecule has 0 radical (unpaired) electrons. The lowest BCUT2D eigenvalue weighted by Gasteiger charge is -2.35. The lowest BCUT2D eigenvalue weighted by Crippen LogP contribution is -2.49. The van der Waals surface area contributed by atoms with Crippen LogP contribution in [0.5, 0.6) is 5.75 Å². The van der Waals surface area contributed by atoms with E-state index in [1.54, 1.807) is 24.0 Å². The zero-order chi connectivity index (χ0) is 19.6. The van der Waals surface area contributed by atoms with Crippen LogP contribution in [0.25, 0.3) is 11.0 Å². The second-order valence-corrected chi connectivity index (χ2v) is 6.78. The van der Waals surface area contributed by atoms with Gasteiger partial charge in [-0.3, -0.25) is 4.79 Å². The molecule has 0 N–H and O–H groups in total. The molecule has 7 heteroatoms. The summed E-state index contributed by atoms with van der Waals surface area (Å²) in [5, 5.41) is 0.787. The zero-order valence-corrected chi connectivity index (χ0v) is 16.1. The van der Waals surface area contributed by atoms with Crippen LogP contribution in [0, 0.1) is 6.92 Å². The molecular weight excluding hydrogens is 350 g/mol. The molecule has 2 atom stereocenters. The van der Waals surface area contributed by atoms with Gasteiger partial charge in [-0.2, -0.15) is 0 Å². The molecule has 1 aliphatic rings. The van der Waals surface area contributed by atoms with E-state index in [0.717, 1.165) is 5.39 Å². The summed E-state index contributed by atoms with van der Waals surface area (Å²) in [7, 11) is 0. The number of amides is 1. The summed E-state index contributed by atoms with van der Waals surface area (Å²) in [4.78, 5) is 26.4. The molecule has 1 aromatic heterocycles. The lowest BCUT2D eigenvalue weighted by molar-refractivity contribution is -0.146. The normalized spacial score (nSPS) is 19.9. The first-order chi connectivity index (χ1) is 12.9. The van der Waals surface area contributed by atoms with Gasteiger partial charge in [-0.25, -0.2) is 4.79 Å². The highest BCUT2D eigenvalue weighted by Gasteiger charge is 2.27. The number of benzene rings is 1. The molecule has 1 fully saturated rings. The number of hydrogen-bond acceptors (Lipinski definition) is 6. The lowest BCUT2D eigenvalue weighted by atomic mass is 10.1. The Kier molecular flexibility index (Phi) is 5.70. The molecule has 0 unspecified atom stereocenters. The summed E-state index contributed by atoms with van der Waals surface area (Å²) in [6.45, 7) is 8.73. The summed E-state index contributed by atoms with van der Waals surface area (Å²) in [5.41, 5.74) is 1.24. The summed E-state index contributed by atoms with van der Waals surface area (Å²) in [6.07, 6.45) is -0.0730. The van der Waals surface area contributed by atoms with Crippen LogP contribution in [-0.2, 0) is 14.3 Å². The molecule has 0 aliphatic carbocycles. The monoisotopic (exact) mass is 375 g/mol. The maximum absolute atomic E-state index is 12.4. The fourth-order valence-corrected chi connectivity index (χ4v) is 3.32. The van der Waals surface area contributed by atoms with Crippen LogP contribution in [0.4, 0.5) is 0 Å². The van der Waals surface area contributed by atoms with Gasteiger partial charge in [0.2, 0.25) is 5.76 Å². The van der Waals surface area contributed by atoms with E-state index >= 15 is 0 Å². The highest BCUT2D eigenvalue weighted by molar-refractivity contribution is 5.97.